The molecular weight excluding hydrogens is 170 g/mol. The number of carbonyl (C=O) groups excluding carboxylic acids is 1. The molecule has 76 valence electrons. The molecule has 0 spiro atoms. The van der Waals surface area contributed by atoms with Crippen molar-refractivity contribution >= 4 is 5.91 Å². The Labute approximate surface area is 78.2 Å². The zero-order chi connectivity index (χ0) is 9.68. The third-order valence-electron chi connectivity index (χ3n) is 2.24. The smallest absolute Gasteiger partial charge is 0.221 e. The molecular formula is C8H17N3O2. The van der Waals surface area contributed by atoms with Gasteiger partial charge in [-0.25, -0.2) is 5.01 Å². The van der Waals surface area contributed by atoms with Crippen LogP contribution >= 0.6 is 0 Å². The summed E-state index contributed by atoms with van der Waals surface area (Å²) in [5, 5.41) is 4.46. The fourth-order valence-electron chi connectivity index (χ4n) is 1.26. The number of nitrogens with one attached hydrogen (secondary N) is 1. The van der Waals surface area contributed by atoms with Gasteiger partial charge in [0, 0.05) is 32.7 Å². The number of rotatable bonds is 5. The molecule has 0 radical (unpaired) electrons. The Balaban J connectivity index is 2.03. The summed E-state index contributed by atoms with van der Waals surface area (Å²) in [6.07, 6.45) is 1.52. The van der Waals surface area contributed by atoms with Gasteiger partial charge in [0.1, 0.15) is 0 Å². The highest BCUT2D eigenvalue weighted by molar-refractivity contribution is 5.76. The van der Waals surface area contributed by atoms with Crippen LogP contribution in [-0.2, 0) is 9.53 Å². The molecule has 0 aromatic rings. The number of carbonyl (C=O) groups is 1. The maximum atomic E-state index is 11.2. The van der Waals surface area contributed by atoms with Gasteiger partial charge in [-0.1, -0.05) is 0 Å². The molecule has 0 bridgehead atoms. The fraction of sp³-hybridized carbons (Fsp3) is 0.875. The molecule has 1 fully saturated rings. The molecule has 1 atom stereocenters. The van der Waals surface area contributed by atoms with Crippen LogP contribution in [0, 0.1) is 0 Å². The van der Waals surface area contributed by atoms with E-state index in [1.54, 1.807) is 12.1 Å². The number of amides is 1. The summed E-state index contributed by atoms with van der Waals surface area (Å²) in [5.41, 5.74) is 0. The van der Waals surface area contributed by atoms with Gasteiger partial charge in [-0.2, -0.15) is 0 Å². The molecule has 5 nitrogen and oxygen atoms in total. The molecule has 0 unspecified atom stereocenters. The Morgan fingerprint density at radius 2 is 2.54 bits per heavy atom. The summed E-state index contributed by atoms with van der Waals surface area (Å²) in [6.45, 7) is 2.03. The van der Waals surface area contributed by atoms with Crippen LogP contribution in [0.15, 0.2) is 0 Å². The lowest BCUT2D eigenvalue weighted by atomic mass is 10.0. The van der Waals surface area contributed by atoms with Gasteiger partial charge in [0.05, 0.1) is 6.61 Å². The summed E-state index contributed by atoms with van der Waals surface area (Å²) in [5.74, 6) is 5.61. The average Bonchev–Trinajstić information content (AvgIpc) is 2.12. The first-order valence-electron chi connectivity index (χ1n) is 4.51. The van der Waals surface area contributed by atoms with E-state index in [2.05, 4.69) is 5.32 Å². The molecule has 0 aromatic heterocycles. The Morgan fingerprint density at radius 3 is 3.00 bits per heavy atom. The van der Waals surface area contributed by atoms with Crippen molar-refractivity contribution in [2.45, 2.75) is 18.9 Å². The summed E-state index contributed by atoms with van der Waals surface area (Å²) in [7, 11) is 1.61. The third-order valence-corrected chi connectivity index (χ3v) is 2.24. The van der Waals surface area contributed by atoms with Crippen LogP contribution in [-0.4, -0.2) is 43.8 Å². The number of ether oxygens (including phenoxy) is 1. The zero-order valence-electron chi connectivity index (χ0n) is 7.95. The van der Waals surface area contributed by atoms with Crippen LogP contribution in [0.25, 0.3) is 0 Å². The fourth-order valence-corrected chi connectivity index (χ4v) is 1.26. The van der Waals surface area contributed by atoms with Crippen molar-refractivity contribution in [2.75, 3.05) is 26.8 Å². The molecule has 0 aliphatic carbocycles. The summed E-state index contributed by atoms with van der Waals surface area (Å²) >= 11 is 0. The minimum atomic E-state index is 0.0530. The topological polar surface area (TPSA) is 67.6 Å². The van der Waals surface area contributed by atoms with Gasteiger partial charge in [0.15, 0.2) is 0 Å². The molecule has 3 N–H and O–H groups in total. The first kappa shape index (κ1) is 10.4. The van der Waals surface area contributed by atoms with Crippen molar-refractivity contribution in [3.05, 3.63) is 0 Å². The normalized spacial score (nSPS) is 22.5. The third kappa shape index (κ3) is 3.30. The highest BCUT2D eigenvalue weighted by atomic mass is 16.5. The lowest BCUT2D eigenvalue weighted by Gasteiger charge is -2.36. The van der Waals surface area contributed by atoms with Gasteiger partial charge in [0.2, 0.25) is 5.91 Å². The number of methoxy groups -OCH3 is 1. The Bertz CT molecular complexity index is 175. The largest absolute Gasteiger partial charge is 0.383 e. The molecule has 0 saturated carbocycles. The second-order valence-corrected chi connectivity index (χ2v) is 3.23. The predicted molar refractivity (Wildman–Crippen MR) is 48.8 cm³/mol. The molecule has 1 amide bonds. The van der Waals surface area contributed by atoms with E-state index in [1.165, 1.54) is 0 Å². The second-order valence-electron chi connectivity index (χ2n) is 3.23. The maximum Gasteiger partial charge on any atom is 0.221 e. The minimum absolute atomic E-state index is 0.0530. The number of nitrogens with two attached hydrogens (primary N) is 1. The average molecular weight is 187 g/mol. The van der Waals surface area contributed by atoms with E-state index in [0.29, 0.717) is 19.6 Å². The van der Waals surface area contributed by atoms with Crippen molar-refractivity contribution in [3.63, 3.8) is 0 Å². The number of hydrogen-bond donors (Lipinski definition) is 2. The monoisotopic (exact) mass is 187 g/mol. The van der Waals surface area contributed by atoms with E-state index in [4.69, 9.17) is 10.6 Å². The van der Waals surface area contributed by atoms with E-state index >= 15 is 0 Å². The van der Waals surface area contributed by atoms with Crippen molar-refractivity contribution in [2.24, 2.45) is 5.84 Å². The lowest BCUT2D eigenvalue weighted by Crippen LogP contribution is -2.53. The van der Waals surface area contributed by atoms with Gasteiger partial charge in [-0.3, -0.25) is 10.6 Å². The first-order chi connectivity index (χ1) is 6.24. The van der Waals surface area contributed by atoms with Crippen molar-refractivity contribution in [1.82, 2.24) is 10.3 Å². The molecule has 0 aromatic carbocycles. The molecule has 5 heteroatoms. The lowest BCUT2D eigenvalue weighted by molar-refractivity contribution is -0.123. The Kier molecular flexibility index (Phi) is 4.14. The number of nitrogens with zero attached hydrogens (tertiary/aromatic N) is 1. The molecule has 1 saturated heterocycles. The molecule has 1 aliphatic heterocycles. The van der Waals surface area contributed by atoms with Crippen molar-refractivity contribution in [3.8, 4) is 0 Å². The van der Waals surface area contributed by atoms with Crippen molar-refractivity contribution in [1.29, 1.82) is 0 Å². The van der Waals surface area contributed by atoms with E-state index in [1.807, 2.05) is 0 Å². The molecule has 1 heterocycles. The quantitative estimate of drug-likeness (QED) is 0.432. The van der Waals surface area contributed by atoms with Crippen LogP contribution in [0.2, 0.25) is 0 Å². The van der Waals surface area contributed by atoms with Gasteiger partial charge in [-0.15, -0.1) is 0 Å². The van der Waals surface area contributed by atoms with Crippen LogP contribution < -0.4 is 11.2 Å². The molecule has 13 heavy (non-hydrogen) atoms. The Morgan fingerprint density at radius 1 is 1.77 bits per heavy atom. The van der Waals surface area contributed by atoms with E-state index in [-0.39, 0.29) is 11.9 Å². The SMILES string of the molecule is COCCNC(=O)C[C@@H]1CCN1N. The van der Waals surface area contributed by atoms with Crippen LogP contribution in [0.3, 0.4) is 0 Å². The van der Waals surface area contributed by atoms with Crippen molar-refractivity contribution < 1.29 is 9.53 Å². The first-order valence-corrected chi connectivity index (χ1v) is 4.51. The van der Waals surface area contributed by atoms with Gasteiger partial charge in [0.25, 0.3) is 0 Å². The molecule has 1 aliphatic rings. The van der Waals surface area contributed by atoms with Crippen LogP contribution in [0.5, 0.6) is 0 Å². The highest BCUT2D eigenvalue weighted by Gasteiger charge is 2.26. The minimum Gasteiger partial charge on any atom is -0.383 e. The zero-order valence-corrected chi connectivity index (χ0v) is 7.95. The summed E-state index contributed by atoms with van der Waals surface area (Å²) in [4.78, 5) is 11.2. The summed E-state index contributed by atoms with van der Waals surface area (Å²) in [6, 6.07) is 0.238. The van der Waals surface area contributed by atoms with Gasteiger partial charge < -0.3 is 10.1 Å². The standard InChI is InChI=1S/C8H17N3O2/c1-13-5-3-10-8(12)6-7-2-4-11(7)9/h7H,2-6,9H2,1H3,(H,10,12)/t7-/m0/s1. The summed E-state index contributed by atoms with van der Waals surface area (Å²) < 4.78 is 4.81. The van der Waals surface area contributed by atoms with E-state index < -0.39 is 0 Å². The van der Waals surface area contributed by atoms with Crippen LogP contribution in [0.4, 0.5) is 0 Å². The number of hydrazine groups is 1. The Hall–Kier alpha value is -0.650. The van der Waals surface area contributed by atoms with E-state index in [9.17, 15) is 4.79 Å². The predicted octanol–water partition coefficient (Wildman–Crippen LogP) is -0.913. The highest BCUT2D eigenvalue weighted by Crippen LogP contribution is 2.15. The maximum absolute atomic E-state index is 11.2. The second kappa shape index (κ2) is 5.16. The number of hydrogen-bond acceptors (Lipinski definition) is 4. The van der Waals surface area contributed by atoms with Crippen LogP contribution in [0.1, 0.15) is 12.8 Å². The van der Waals surface area contributed by atoms with Gasteiger partial charge in [-0.05, 0) is 6.42 Å². The van der Waals surface area contributed by atoms with Gasteiger partial charge >= 0.3 is 0 Å². The van der Waals surface area contributed by atoms with E-state index in [0.717, 1.165) is 13.0 Å². The molecule has 1 rings (SSSR count).